The molecule has 0 unspecified atom stereocenters. The molecule has 0 saturated carbocycles. The van der Waals surface area contributed by atoms with Gasteiger partial charge in [-0.2, -0.15) is 0 Å². The van der Waals surface area contributed by atoms with E-state index >= 15 is 0 Å². The zero-order valence-corrected chi connectivity index (χ0v) is 13.6. The van der Waals surface area contributed by atoms with Crippen molar-refractivity contribution in [1.29, 1.82) is 0 Å². The summed E-state index contributed by atoms with van der Waals surface area (Å²) in [7, 11) is 1.81. The van der Waals surface area contributed by atoms with Crippen LogP contribution < -0.4 is 5.32 Å². The first-order valence-corrected chi connectivity index (χ1v) is 7.82. The summed E-state index contributed by atoms with van der Waals surface area (Å²) in [6, 6.07) is 11.2. The monoisotopic (exact) mass is 339 g/mol. The lowest BCUT2D eigenvalue weighted by Crippen LogP contribution is -2.25. The van der Waals surface area contributed by atoms with Crippen LogP contribution in [-0.4, -0.2) is 25.4 Å². The fraction of sp³-hybridized carbons (Fsp3) is 0.118. The molecule has 7 heteroatoms. The van der Waals surface area contributed by atoms with Crippen LogP contribution in [0.1, 0.15) is 16.2 Å². The van der Waals surface area contributed by atoms with Crippen molar-refractivity contribution in [3.8, 4) is 0 Å². The number of aromatic nitrogens is 4. The zero-order chi connectivity index (χ0) is 16.7. The first-order chi connectivity index (χ1) is 11.6. The number of nitrogens with zero attached hydrogens (tertiary/aromatic N) is 3. The Bertz CT molecular complexity index is 1070. The highest BCUT2D eigenvalue weighted by Crippen LogP contribution is 2.19. The Morgan fingerprint density at radius 2 is 2.12 bits per heavy atom. The van der Waals surface area contributed by atoms with E-state index in [1.807, 2.05) is 31.3 Å². The van der Waals surface area contributed by atoms with Crippen molar-refractivity contribution < 1.29 is 4.79 Å². The van der Waals surface area contributed by atoms with Crippen molar-refractivity contribution in [3.05, 3.63) is 59.1 Å². The fourth-order valence-corrected chi connectivity index (χ4v) is 2.90. The minimum Gasteiger partial charge on any atom is -0.345 e. The molecule has 2 aromatic carbocycles. The first-order valence-electron chi connectivity index (χ1n) is 7.44. The number of aryl methyl sites for hydroxylation is 1. The van der Waals surface area contributed by atoms with Gasteiger partial charge in [0.1, 0.15) is 0 Å². The van der Waals surface area contributed by atoms with Crippen LogP contribution in [0.4, 0.5) is 0 Å². The van der Waals surface area contributed by atoms with E-state index in [1.54, 1.807) is 23.0 Å². The van der Waals surface area contributed by atoms with Crippen molar-refractivity contribution >= 4 is 39.6 Å². The summed E-state index contributed by atoms with van der Waals surface area (Å²) in [4.78, 5) is 24.1. The van der Waals surface area contributed by atoms with E-state index in [2.05, 4.69) is 20.3 Å². The number of rotatable bonds is 3. The molecule has 4 rings (SSSR count). The second kappa shape index (κ2) is 5.65. The van der Waals surface area contributed by atoms with Crippen LogP contribution in [-0.2, 0) is 13.6 Å². The molecule has 6 nitrogen and oxygen atoms in total. The SMILES string of the molecule is Cn1c(C(=O)NCc2ccc3nc[nH]c3c2)nc2cc(Cl)ccc21. The first kappa shape index (κ1) is 14.7. The highest BCUT2D eigenvalue weighted by Gasteiger charge is 2.15. The van der Waals surface area contributed by atoms with E-state index in [4.69, 9.17) is 11.6 Å². The van der Waals surface area contributed by atoms with Crippen molar-refractivity contribution in [2.45, 2.75) is 6.54 Å². The largest absolute Gasteiger partial charge is 0.345 e. The maximum atomic E-state index is 12.5. The fourth-order valence-electron chi connectivity index (χ4n) is 2.73. The van der Waals surface area contributed by atoms with Crippen LogP contribution in [0.25, 0.3) is 22.1 Å². The third kappa shape index (κ3) is 2.51. The number of halogens is 1. The molecular formula is C17H14ClN5O. The lowest BCUT2D eigenvalue weighted by Gasteiger charge is -2.05. The molecule has 0 fully saturated rings. The van der Waals surface area contributed by atoms with Crippen LogP contribution >= 0.6 is 11.6 Å². The minimum absolute atomic E-state index is 0.227. The number of H-pyrrole nitrogens is 1. The lowest BCUT2D eigenvalue weighted by molar-refractivity contribution is 0.0938. The number of nitrogens with one attached hydrogen (secondary N) is 2. The Morgan fingerprint density at radius 1 is 1.25 bits per heavy atom. The third-order valence-electron chi connectivity index (χ3n) is 3.98. The number of hydrogen-bond acceptors (Lipinski definition) is 3. The number of aromatic amines is 1. The van der Waals surface area contributed by atoms with E-state index in [-0.39, 0.29) is 5.91 Å². The molecule has 1 amide bonds. The van der Waals surface area contributed by atoms with Crippen molar-refractivity contribution in [2.24, 2.45) is 7.05 Å². The van der Waals surface area contributed by atoms with E-state index in [1.165, 1.54) is 0 Å². The van der Waals surface area contributed by atoms with Crippen molar-refractivity contribution in [1.82, 2.24) is 24.8 Å². The Morgan fingerprint density at radius 3 is 3.00 bits per heavy atom. The second-order valence-corrected chi connectivity index (χ2v) is 6.00. The van der Waals surface area contributed by atoms with Crippen molar-refractivity contribution in [3.63, 3.8) is 0 Å². The molecule has 0 radical (unpaired) electrons. The van der Waals surface area contributed by atoms with Gasteiger partial charge < -0.3 is 14.9 Å². The van der Waals surface area contributed by atoms with E-state index in [0.29, 0.717) is 22.9 Å². The van der Waals surface area contributed by atoms with Gasteiger partial charge in [-0.3, -0.25) is 4.79 Å². The summed E-state index contributed by atoms with van der Waals surface area (Å²) >= 11 is 5.98. The zero-order valence-electron chi connectivity index (χ0n) is 12.9. The summed E-state index contributed by atoms with van der Waals surface area (Å²) in [6.07, 6.45) is 1.65. The van der Waals surface area contributed by atoms with Crippen LogP contribution in [0.3, 0.4) is 0 Å². The van der Waals surface area contributed by atoms with Gasteiger partial charge in [0.2, 0.25) is 0 Å². The van der Waals surface area contributed by atoms with E-state index < -0.39 is 0 Å². The van der Waals surface area contributed by atoms with Crippen LogP contribution in [0.5, 0.6) is 0 Å². The normalized spacial score (nSPS) is 11.2. The molecule has 2 heterocycles. The molecule has 0 aliphatic carbocycles. The molecule has 0 aliphatic rings. The van der Waals surface area contributed by atoms with Gasteiger partial charge in [0.15, 0.2) is 5.82 Å². The van der Waals surface area contributed by atoms with Crippen molar-refractivity contribution in [2.75, 3.05) is 0 Å². The number of hydrogen-bond donors (Lipinski definition) is 2. The number of imidazole rings is 2. The van der Waals surface area contributed by atoms with Crippen LogP contribution in [0.2, 0.25) is 5.02 Å². The highest BCUT2D eigenvalue weighted by molar-refractivity contribution is 6.31. The number of fused-ring (bicyclic) bond motifs is 2. The summed E-state index contributed by atoms with van der Waals surface area (Å²) in [5.41, 5.74) is 4.40. The highest BCUT2D eigenvalue weighted by atomic mass is 35.5. The van der Waals surface area contributed by atoms with Crippen LogP contribution in [0, 0.1) is 0 Å². The minimum atomic E-state index is -0.227. The predicted molar refractivity (Wildman–Crippen MR) is 93.0 cm³/mol. The Hall–Kier alpha value is -2.86. The summed E-state index contributed by atoms with van der Waals surface area (Å²) < 4.78 is 1.76. The summed E-state index contributed by atoms with van der Waals surface area (Å²) in [5, 5.41) is 3.50. The van der Waals surface area contributed by atoms with E-state index in [9.17, 15) is 4.79 Å². The molecule has 0 aliphatic heterocycles. The van der Waals surface area contributed by atoms with Gasteiger partial charge >= 0.3 is 0 Å². The second-order valence-electron chi connectivity index (χ2n) is 5.56. The van der Waals surface area contributed by atoms with Gasteiger partial charge in [-0.25, -0.2) is 9.97 Å². The number of amides is 1. The Labute approximate surface area is 142 Å². The van der Waals surface area contributed by atoms with Gasteiger partial charge in [0, 0.05) is 18.6 Å². The molecule has 0 saturated heterocycles. The average molecular weight is 340 g/mol. The Balaban J connectivity index is 1.56. The summed E-state index contributed by atoms with van der Waals surface area (Å²) in [6.45, 7) is 0.414. The molecule has 0 atom stereocenters. The summed E-state index contributed by atoms with van der Waals surface area (Å²) in [5.74, 6) is 0.129. The molecular weight excluding hydrogens is 326 g/mol. The molecule has 0 spiro atoms. The van der Waals surface area contributed by atoms with Gasteiger partial charge in [0.25, 0.3) is 5.91 Å². The molecule has 120 valence electrons. The maximum absolute atomic E-state index is 12.5. The van der Waals surface area contributed by atoms with Crippen LogP contribution in [0.15, 0.2) is 42.7 Å². The standard InChI is InChI=1S/C17H14ClN5O/c1-23-15-5-3-11(18)7-14(15)22-16(23)17(24)19-8-10-2-4-12-13(6-10)21-9-20-12/h2-7,9H,8H2,1H3,(H,19,24)(H,20,21). The van der Waals surface area contributed by atoms with Gasteiger partial charge in [-0.15, -0.1) is 0 Å². The Kier molecular flexibility index (Phi) is 3.46. The average Bonchev–Trinajstić information content (AvgIpc) is 3.16. The maximum Gasteiger partial charge on any atom is 0.287 e. The predicted octanol–water partition coefficient (Wildman–Crippen LogP) is 3.03. The van der Waals surface area contributed by atoms with Gasteiger partial charge in [-0.05, 0) is 35.9 Å². The number of carbonyl (C=O) groups excluding carboxylic acids is 1. The van der Waals surface area contributed by atoms with E-state index in [0.717, 1.165) is 22.1 Å². The lowest BCUT2D eigenvalue weighted by atomic mass is 10.2. The number of benzene rings is 2. The molecule has 2 aromatic heterocycles. The molecule has 4 aromatic rings. The quantitative estimate of drug-likeness (QED) is 0.602. The third-order valence-corrected chi connectivity index (χ3v) is 4.22. The molecule has 0 bridgehead atoms. The van der Waals surface area contributed by atoms with Gasteiger partial charge in [0.05, 0.1) is 28.4 Å². The smallest absolute Gasteiger partial charge is 0.287 e. The number of carbonyl (C=O) groups is 1. The topological polar surface area (TPSA) is 75.6 Å². The van der Waals surface area contributed by atoms with Gasteiger partial charge in [-0.1, -0.05) is 17.7 Å². The molecule has 2 N–H and O–H groups in total. The molecule has 24 heavy (non-hydrogen) atoms.